The molecule has 0 radical (unpaired) electrons. The first-order valence-electron chi connectivity index (χ1n) is 6.46. The maximum Gasteiger partial charge on any atom is 0.335 e. The zero-order valence-electron chi connectivity index (χ0n) is 11.1. The van der Waals surface area contributed by atoms with Gasteiger partial charge >= 0.3 is 5.97 Å². The van der Waals surface area contributed by atoms with Crippen molar-refractivity contribution in [3.8, 4) is 0 Å². The van der Waals surface area contributed by atoms with E-state index in [1.165, 1.54) is 20.0 Å². The van der Waals surface area contributed by atoms with Gasteiger partial charge in [0.1, 0.15) is 0 Å². The van der Waals surface area contributed by atoms with Crippen LogP contribution in [0, 0.1) is 0 Å². The standard InChI is InChI=1S/C15H18ClNO2/c1-19-15(18)13(11-17-8-2-3-9-17)10-12-4-6-14(16)7-5-12/h4-7,10H,2-3,8-9,11H2,1H3/b13-10-. The minimum atomic E-state index is -0.262. The van der Waals surface area contributed by atoms with Crippen LogP contribution in [0.15, 0.2) is 29.8 Å². The van der Waals surface area contributed by atoms with Gasteiger partial charge in [-0.3, -0.25) is 4.90 Å². The van der Waals surface area contributed by atoms with Gasteiger partial charge in [0.15, 0.2) is 0 Å². The summed E-state index contributed by atoms with van der Waals surface area (Å²) < 4.78 is 4.86. The zero-order chi connectivity index (χ0) is 13.7. The first-order valence-corrected chi connectivity index (χ1v) is 6.83. The van der Waals surface area contributed by atoms with Crippen LogP contribution >= 0.6 is 11.6 Å². The van der Waals surface area contributed by atoms with E-state index < -0.39 is 0 Å². The van der Waals surface area contributed by atoms with Crippen molar-refractivity contribution in [1.82, 2.24) is 4.90 Å². The molecule has 0 aliphatic carbocycles. The van der Waals surface area contributed by atoms with E-state index in [9.17, 15) is 4.79 Å². The average molecular weight is 280 g/mol. The summed E-state index contributed by atoms with van der Waals surface area (Å²) in [5, 5.41) is 0.691. The largest absolute Gasteiger partial charge is 0.466 e. The molecule has 0 saturated carbocycles. The molecule has 4 heteroatoms. The molecule has 1 aromatic carbocycles. The number of esters is 1. The number of hydrogen-bond donors (Lipinski definition) is 0. The summed E-state index contributed by atoms with van der Waals surface area (Å²) in [5.74, 6) is -0.262. The van der Waals surface area contributed by atoms with Crippen molar-refractivity contribution in [2.24, 2.45) is 0 Å². The van der Waals surface area contributed by atoms with Crippen molar-refractivity contribution in [2.45, 2.75) is 12.8 Å². The summed E-state index contributed by atoms with van der Waals surface area (Å²) in [4.78, 5) is 14.1. The second-order valence-corrected chi connectivity index (χ2v) is 5.13. The first kappa shape index (κ1) is 14.1. The number of rotatable bonds is 4. The van der Waals surface area contributed by atoms with E-state index >= 15 is 0 Å². The van der Waals surface area contributed by atoms with Gasteiger partial charge in [0, 0.05) is 11.6 Å². The van der Waals surface area contributed by atoms with Crippen molar-refractivity contribution in [3.63, 3.8) is 0 Å². The highest BCUT2D eigenvalue weighted by molar-refractivity contribution is 6.30. The molecule has 1 saturated heterocycles. The van der Waals surface area contributed by atoms with Crippen LogP contribution in [0.25, 0.3) is 6.08 Å². The highest BCUT2D eigenvalue weighted by Crippen LogP contribution is 2.16. The Bertz CT molecular complexity index is 462. The molecule has 0 spiro atoms. The third-order valence-electron chi connectivity index (χ3n) is 3.25. The minimum Gasteiger partial charge on any atom is -0.466 e. The molecule has 19 heavy (non-hydrogen) atoms. The highest BCUT2D eigenvalue weighted by atomic mass is 35.5. The summed E-state index contributed by atoms with van der Waals surface area (Å²) in [6.07, 6.45) is 4.28. The SMILES string of the molecule is COC(=O)/C(=C\c1ccc(Cl)cc1)CN1CCCC1. The molecule has 1 fully saturated rings. The van der Waals surface area contributed by atoms with Gasteiger partial charge < -0.3 is 4.74 Å². The van der Waals surface area contributed by atoms with Gasteiger partial charge in [-0.15, -0.1) is 0 Å². The lowest BCUT2D eigenvalue weighted by Gasteiger charge is -2.15. The molecule has 1 heterocycles. The second kappa shape index (κ2) is 6.73. The summed E-state index contributed by atoms with van der Waals surface area (Å²) in [7, 11) is 1.42. The maximum absolute atomic E-state index is 11.8. The molecule has 0 unspecified atom stereocenters. The smallest absolute Gasteiger partial charge is 0.335 e. The Balaban J connectivity index is 2.15. The normalized spacial score (nSPS) is 16.6. The lowest BCUT2D eigenvalue weighted by atomic mass is 10.1. The lowest BCUT2D eigenvalue weighted by molar-refractivity contribution is -0.136. The lowest BCUT2D eigenvalue weighted by Crippen LogP contribution is -2.25. The minimum absolute atomic E-state index is 0.262. The maximum atomic E-state index is 11.8. The van der Waals surface area contributed by atoms with E-state index in [4.69, 9.17) is 16.3 Å². The fraction of sp³-hybridized carbons (Fsp3) is 0.400. The van der Waals surface area contributed by atoms with Crippen molar-refractivity contribution >= 4 is 23.6 Å². The van der Waals surface area contributed by atoms with E-state index in [1.54, 1.807) is 0 Å². The molecule has 1 aliphatic heterocycles. The molecule has 102 valence electrons. The van der Waals surface area contributed by atoms with Gasteiger partial charge in [-0.05, 0) is 49.7 Å². The van der Waals surface area contributed by atoms with Crippen LogP contribution < -0.4 is 0 Å². The topological polar surface area (TPSA) is 29.5 Å². The van der Waals surface area contributed by atoms with Gasteiger partial charge in [0.05, 0.1) is 12.7 Å². The summed E-state index contributed by atoms with van der Waals surface area (Å²) >= 11 is 5.85. The van der Waals surface area contributed by atoms with E-state index in [0.29, 0.717) is 17.1 Å². The van der Waals surface area contributed by atoms with Gasteiger partial charge in [-0.2, -0.15) is 0 Å². The Morgan fingerprint density at radius 2 is 1.95 bits per heavy atom. The first-order chi connectivity index (χ1) is 9.19. The zero-order valence-corrected chi connectivity index (χ0v) is 11.8. The number of likely N-dealkylation sites (tertiary alicyclic amines) is 1. The number of benzene rings is 1. The summed E-state index contributed by atoms with van der Waals surface area (Å²) in [6, 6.07) is 7.43. The number of ether oxygens (including phenoxy) is 1. The Hall–Kier alpha value is -1.32. The fourth-order valence-electron chi connectivity index (χ4n) is 2.24. The van der Waals surface area contributed by atoms with E-state index in [2.05, 4.69) is 4.90 Å². The van der Waals surface area contributed by atoms with E-state index in [0.717, 1.165) is 18.7 Å². The molecular formula is C15H18ClNO2. The molecule has 0 bridgehead atoms. The molecule has 1 aliphatic rings. The molecule has 3 nitrogen and oxygen atoms in total. The van der Waals surface area contributed by atoms with Crippen LogP contribution in [0.1, 0.15) is 18.4 Å². The highest BCUT2D eigenvalue weighted by Gasteiger charge is 2.17. The third kappa shape index (κ3) is 4.08. The van der Waals surface area contributed by atoms with Gasteiger partial charge in [-0.1, -0.05) is 23.7 Å². The predicted octanol–water partition coefficient (Wildman–Crippen LogP) is 2.99. The number of nitrogens with zero attached hydrogens (tertiary/aromatic N) is 1. The summed E-state index contributed by atoms with van der Waals surface area (Å²) in [6.45, 7) is 2.75. The van der Waals surface area contributed by atoms with Gasteiger partial charge in [0.25, 0.3) is 0 Å². The molecule has 0 amide bonds. The Kier molecular flexibility index (Phi) is 5.00. The Labute approximate surface area is 118 Å². The van der Waals surface area contributed by atoms with Crippen molar-refractivity contribution < 1.29 is 9.53 Å². The molecular weight excluding hydrogens is 262 g/mol. The Morgan fingerprint density at radius 3 is 2.53 bits per heavy atom. The number of carbonyl (C=O) groups excluding carboxylic acids is 1. The van der Waals surface area contributed by atoms with Crippen LogP contribution in [-0.2, 0) is 9.53 Å². The van der Waals surface area contributed by atoms with Crippen molar-refractivity contribution in [3.05, 3.63) is 40.4 Å². The molecule has 2 rings (SSSR count). The third-order valence-corrected chi connectivity index (χ3v) is 3.50. The number of methoxy groups -OCH3 is 1. The van der Waals surface area contributed by atoms with E-state index in [-0.39, 0.29) is 5.97 Å². The van der Waals surface area contributed by atoms with Crippen LogP contribution in [0.5, 0.6) is 0 Å². The summed E-state index contributed by atoms with van der Waals surface area (Å²) in [5.41, 5.74) is 1.65. The number of carbonyl (C=O) groups is 1. The van der Waals surface area contributed by atoms with Crippen LogP contribution in [0.4, 0.5) is 0 Å². The van der Waals surface area contributed by atoms with Crippen LogP contribution in [0.2, 0.25) is 5.02 Å². The van der Waals surface area contributed by atoms with Crippen LogP contribution in [0.3, 0.4) is 0 Å². The number of halogens is 1. The Morgan fingerprint density at radius 1 is 1.32 bits per heavy atom. The monoisotopic (exact) mass is 279 g/mol. The van der Waals surface area contributed by atoms with E-state index in [1.807, 2.05) is 30.3 Å². The second-order valence-electron chi connectivity index (χ2n) is 4.70. The fourth-order valence-corrected chi connectivity index (χ4v) is 2.37. The predicted molar refractivity (Wildman–Crippen MR) is 77.1 cm³/mol. The molecule has 1 aromatic rings. The van der Waals surface area contributed by atoms with Gasteiger partial charge in [-0.25, -0.2) is 4.79 Å². The molecule has 0 atom stereocenters. The van der Waals surface area contributed by atoms with Crippen molar-refractivity contribution in [1.29, 1.82) is 0 Å². The van der Waals surface area contributed by atoms with Gasteiger partial charge in [0.2, 0.25) is 0 Å². The number of hydrogen-bond acceptors (Lipinski definition) is 3. The quantitative estimate of drug-likeness (QED) is 0.627. The molecule has 0 N–H and O–H groups in total. The van der Waals surface area contributed by atoms with Crippen molar-refractivity contribution in [2.75, 3.05) is 26.7 Å². The average Bonchev–Trinajstić information content (AvgIpc) is 2.92. The molecule has 0 aromatic heterocycles. The van der Waals surface area contributed by atoms with Crippen LogP contribution in [-0.4, -0.2) is 37.6 Å².